The van der Waals surface area contributed by atoms with Crippen LogP contribution in [0.5, 0.6) is 0 Å². The Morgan fingerprint density at radius 2 is 1.89 bits per heavy atom. The van der Waals surface area contributed by atoms with Crippen molar-refractivity contribution in [2.24, 2.45) is 5.73 Å². The molecule has 1 aliphatic heterocycles. The van der Waals surface area contributed by atoms with Gasteiger partial charge in [0.25, 0.3) is 0 Å². The summed E-state index contributed by atoms with van der Waals surface area (Å²) in [5.41, 5.74) is 8.21. The molecule has 1 aromatic rings. The first-order chi connectivity index (χ1) is 9.02. The Kier molecular flexibility index (Phi) is 4.47. The zero-order chi connectivity index (χ0) is 13.9. The third-order valence-electron chi connectivity index (χ3n) is 3.68. The second-order valence-corrected chi connectivity index (χ2v) is 7.40. The summed E-state index contributed by atoms with van der Waals surface area (Å²) in [4.78, 5) is 2.14. The Morgan fingerprint density at radius 1 is 1.21 bits per heavy atom. The molecular formula is C14H22N2O2S. The highest BCUT2D eigenvalue weighted by atomic mass is 32.2. The summed E-state index contributed by atoms with van der Waals surface area (Å²) in [5, 5.41) is 0. The van der Waals surface area contributed by atoms with E-state index in [1.165, 1.54) is 0 Å². The first-order valence-electron chi connectivity index (χ1n) is 6.83. The molecule has 0 bridgehead atoms. The molecule has 2 rings (SSSR count). The minimum absolute atomic E-state index is 0.0820. The largest absolute Gasteiger partial charge is 0.370 e. The third kappa shape index (κ3) is 3.70. The van der Waals surface area contributed by atoms with E-state index in [-0.39, 0.29) is 11.8 Å². The van der Waals surface area contributed by atoms with E-state index in [4.69, 9.17) is 5.73 Å². The van der Waals surface area contributed by atoms with Gasteiger partial charge in [-0.25, -0.2) is 8.42 Å². The number of hydrogen-bond donors (Lipinski definition) is 1. The molecule has 19 heavy (non-hydrogen) atoms. The average Bonchev–Trinajstić information content (AvgIpc) is 2.59. The van der Waals surface area contributed by atoms with Crippen LogP contribution in [0.15, 0.2) is 24.3 Å². The molecule has 1 unspecified atom stereocenters. The van der Waals surface area contributed by atoms with Crippen LogP contribution in [0, 0.1) is 0 Å². The fraction of sp³-hybridized carbons (Fsp3) is 0.571. The van der Waals surface area contributed by atoms with Crippen LogP contribution >= 0.6 is 0 Å². The minimum atomic E-state index is -2.85. The Hall–Kier alpha value is -1.07. The van der Waals surface area contributed by atoms with Crippen LogP contribution in [-0.2, 0) is 9.84 Å². The molecule has 0 amide bonds. The molecule has 1 heterocycles. The maximum absolute atomic E-state index is 11.6. The lowest BCUT2D eigenvalue weighted by Gasteiger charge is -2.22. The van der Waals surface area contributed by atoms with E-state index >= 15 is 0 Å². The molecule has 0 radical (unpaired) electrons. The van der Waals surface area contributed by atoms with E-state index in [1.807, 2.05) is 24.3 Å². The lowest BCUT2D eigenvalue weighted by atomic mass is 10.1. The van der Waals surface area contributed by atoms with Crippen molar-refractivity contribution in [3.63, 3.8) is 0 Å². The van der Waals surface area contributed by atoms with Gasteiger partial charge in [-0.05, 0) is 30.5 Å². The number of benzene rings is 1. The van der Waals surface area contributed by atoms with Crippen molar-refractivity contribution in [1.82, 2.24) is 0 Å². The lowest BCUT2D eigenvalue weighted by molar-refractivity contribution is 0.597. The molecule has 0 saturated carbocycles. The molecule has 0 aromatic heterocycles. The zero-order valence-electron chi connectivity index (χ0n) is 11.4. The van der Waals surface area contributed by atoms with Gasteiger partial charge >= 0.3 is 0 Å². The zero-order valence-corrected chi connectivity index (χ0v) is 12.2. The topological polar surface area (TPSA) is 63.4 Å². The summed E-state index contributed by atoms with van der Waals surface area (Å²) >= 11 is 0. The second-order valence-electron chi connectivity index (χ2n) is 5.10. The summed E-state index contributed by atoms with van der Waals surface area (Å²) in [7, 11) is -2.85. The van der Waals surface area contributed by atoms with Crippen molar-refractivity contribution in [1.29, 1.82) is 0 Å². The van der Waals surface area contributed by atoms with Gasteiger partial charge in [0.1, 0.15) is 0 Å². The Labute approximate surface area is 115 Å². The molecule has 2 N–H and O–H groups in total. The second kappa shape index (κ2) is 5.92. The Morgan fingerprint density at radius 3 is 2.53 bits per heavy atom. The van der Waals surface area contributed by atoms with Gasteiger partial charge in [-0.3, -0.25) is 0 Å². The maximum atomic E-state index is 11.6. The number of nitrogens with two attached hydrogens (primary N) is 1. The van der Waals surface area contributed by atoms with E-state index in [0.29, 0.717) is 18.7 Å². The molecule has 4 nitrogen and oxygen atoms in total. The monoisotopic (exact) mass is 282 g/mol. The normalized spacial score (nSPS) is 20.8. The summed E-state index contributed by atoms with van der Waals surface area (Å²) in [6.07, 6.45) is 1.62. The van der Waals surface area contributed by atoms with Gasteiger partial charge in [0.05, 0.1) is 11.5 Å². The van der Waals surface area contributed by atoms with Crippen molar-refractivity contribution >= 4 is 15.5 Å². The van der Waals surface area contributed by atoms with Gasteiger partial charge in [-0.2, -0.15) is 0 Å². The SMILES string of the molecule is CCC(N)c1ccc(N2CCCS(=O)(=O)CC2)cc1. The van der Waals surface area contributed by atoms with Gasteiger partial charge in [0.2, 0.25) is 0 Å². The highest BCUT2D eigenvalue weighted by Gasteiger charge is 2.19. The molecule has 1 saturated heterocycles. The van der Waals surface area contributed by atoms with Crippen molar-refractivity contribution in [2.45, 2.75) is 25.8 Å². The van der Waals surface area contributed by atoms with E-state index < -0.39 is 9.84 Å². The summed E-state index contributed by atoms with van der Waals surface area (Å²) < 4.78 is 23.2. The van der Waals surface area contributed by atoms with Gasteiger partial charge in [0, 0.05) is 24.8 Å². The van der Waals surface area contributed by atoms with Gasteiger partial charge in [-0.15, -0.1) is 0 Å². The van der Waals surface area contributed by atoms with Crippen molar-refractivity contribution in [3.8, 4) is 0 Å². The van der Waals surface area contributed by atoms with Crippen LogP contribution in [0.1, 0.15) is 31.4 Å². The summed E-state index contributed by atoms with van der Waals surface area (Å²) in [6.45, 7) is 3.46. The number of sulfone groups is 1. The van der Waals surface area contributed by atoms with Crippen LogP contribution in [0.2, 0.25) is 0 Å². The molecule has 0 spiro atoms. The smallest absolute Gasteiger partial charge is 0.152 e. The molecule has 1 atom stereocenters. The molecule has 1 aromatic carbocycles. The van der Waals surface area contributed by atoms with Crippen LogP contribution in [0.25, 0.3) is 0 Å². The van der Waals surface area contributed by atoms with Crippen molar-refractivity contribution in [2.75, 3.05) is 29.5 Å². The maximum Gasteiger partial charge on any atom is 0.152 e. The summed E-state index contributed by atoms with van der Waals surface area (Å²) in [6, 6.07) is 8.26. The highest BCUT2D eigenvalue weighted by molar-refractivity contribution is 7.91. The first kappa shape index (κ1) is 14.3. The van der Waals surface area contributed by atoms with Crippen molar-refractivity contribution in [3.05, 3.63) is 29.8 Å². The molecule has 1 aliphatic rings. The molecule has 5 heteroatoms. The molecule has 1 fully saturated rings. The van der Waals surface area contributed by atoms with E-state index in [9.17, 15) is 8.42 Å². The molecular weight excluding hydrogens is 260 g/mol. The van der Waals surface area contributed by atoms with Crippen LogP contribution in [-0.4, -0.2) is 33.0 Å². The fourth-order valence-corrected chi connectivity index (χ4v) is 3.64. The quantitative estimate of drug-likeness (QED) is 0.917. The van der Waals surface area contributed by atoms with Crippen molar-refractivity contribution < 1.29 is 8.42 Å². The molecule has 106 valence electrons. The predicted molar refractivity (Wildman–Crippen MR) is 79.1 cm³/mol. The highest BCUT2D eigenvalue weighted by Crippen LogP contribution is 2.21. The van der Waals surface area contributed by atoms with Gasteiger partial charge < -0.3 is 10.6 Å². The van der Waals surface area contributed by atoms with E-state index in [0.717, 1.165) is 24.2 Å². The number of hydrogen-bond acceptors (Lipinski definition) is 4. The van der Waals surface area contributed by atoms with Crippen LogP contribution in [0.3, 0.4) is 0 Å². The Bertz CT molecular complexity index is 511. The third-order valence-corrected chi connectivity index (χ3v) is 5.40. The van der Waals surface area contributed by atoms with Gasteiger partial charge in [0.15, 0.2) is 9.84 Å². The van der Waals surface area contributed by atoms with Crippen LogP contribution < -0.4 is 10.6 Å². The molecule has 0 aliphatic carbocycles. The minimum Gasteiger partial charge on any atom is -0.370 e. The number of rotatable bonds is 3. The predicted octanol–water partition coefficient (Wildman–Crippen LogP) is 1.72. The van der Waals surface area contributed by atoms with Gasteiger partial charge in [-0.1, -0.05) is 19.1 Å². The average molecular weight is 282 g/mol. The first-order valence-corrected chi connectivity index (χ1v) is 8.65. The summed E-state index contributed by atoms with van der Waals surface area (Å²) in [5.74, 6) is 0.561. The Balaban J connectivity index is 2.10. The standard InChI is InChI=1S/C14H22N2O2S/c1-2-14(15)12-4-6-13(7-5-12)16-8-3-10-19(17,18)11-9-16/h4-7,14H,2-3,8-11,15H2,1H3. The number of anilines is 1. The van der Waals surface area contributed by atoms with E-state index in [2.05, 4.69) is 11.8 Å². The lowest BCUT2D eigenvalue weighted by Crippen LogP contribution is -2.26. The fourth-order valence-electron chi connectivity index (χ4n) is 2.36. The number of nitrogens with zero attached hydrogens (tertiary/aromatic N) is 1. The van der Waals surface area contributed by atoms with E-state index in [1.54, 1.807) is 0 Å². The van der Waals surface area contributed by atoms with Crippen LogP contribution in [0.4, 0.5) is 5.69 Å².